The minimum absolute atomic E-state index is 0.0597. The summed E-state index contributed by atoms with van der Waals surface area (Å²) in [5.74, 6) is 0.178. The molecule has 1 unspecified atom stereocenters. The number of carbonyl (C=O) groups excluding carboxylic acids is 2. The van der Waals surface area contributed by atoms with Crippen LogP contribution in [-0.2, 0) is 4.79 Å². The highest BCUT2D eigenvalue weighted by atomic mass is 35.5. The molecule has 0 radical (unpaired) electrons. The Labute approximate surface area is 246 Å². The van der Waals surface area contributed by atoms with Crippen molar-refractivity contribution in [1.29, 1.82) is 0 Å². The lowest BCUT2D eigenvalue weighted by molar-refractivity contribution is -0.116. The van der Waals surface area contributed by atoms with Crippen molar-refractivity contribution in [3.05, 3.63) is 117 Å². The van der Waals surface area contributed by atoms with Gasteiger partial charge in [0.1, 0.15) is 5.78 Å². The Morgan fingerprint density at radius 3 is 2.27 bits per heavy atom. The first-order chi connectivity index (χ1) is 19.2. The summed E-state index contributed by atoms with van der Waals surface area (Å²) in [4.78, 5) is 26.3. The monoisotopic (exact) mass is 572 g/mol. The molecule has 1 aliphatic rings. The molecule has 1 fully saturated rings. The summed E-state index contributed by atoms with van der Waals surface area (Å²) in [6.07, 6.45) is 1.29. The van der Waals surface area contributed by atoms with E-state index in [1.54, 1.807) is 6.07 Å². The molecule has 4 aromatic rings. The predicted molar refractivity (Wildman–Crippen MR) is 164 cm³/mol. The van der Waals surface area contributed by atoms with Crippen LogP contribution in [0.5, 0.6) is 0 Å². The van der Waals surface area contributed by atoms with Gasteiger partial charge < -0.3 is 5.32 Å². The average molecular weight is 574 g/mol. The minimum atomic E-state index is -0.163. The Balaban J connectivity index is 1.43. The number of amides is 1. The normalized spacial score (nSPS) is 18.1. The highest BCUT2D eigenvalue weighted by Gasteiger charge is 2.37. The molecule has 6 heteroatoms. The van der Waals surface area contributed by atoms with E-state index in [0.29, 0.717) is 28.6 Å². The number of benzene rings is 4. The van der Waals surface area contributed by atoms with E-state index in [4.69, 9.17) is 23.2 Å². The average Bonchev–Trinajstić information content (AvgIpc) is 3.37. The van der Waals surface area contributed by atoms with Crippen LogP contribution in [0.25, 0.3) is 10.8 Å². The van der Waals surface area contributed by atoms with Crippen molar-refractivity contribution >= 4 is 45.7 Å². The van der Waals surface area contributed by atoms with E-state index in [2.05, 4.69) is 60.5 Å². The minimum Gasteiger partial charge on any atom is -0.352 e. The Hall–Kier alpha value is -3.18. The summed E-state index contributed by atoms with van der Waals surface area (Å²) < 4.78 is 0. The van der Waals surface area contributed by atoms with Crippen molar-refractivity contribution in [3.63, 3.8) is 0 Å². The molecule has 0 bridgehead atoms. The van der Waals surface area contributed by atoms with Crippen LogP contribution in [0, 0.1) is 6.92 Å². The zero-order chi connectivity index (χ0) is 28.4. The number of fused-ring (bicyclic) bond motifs is 1. The van der Waals surface area contributed by atoms with E-state index in [-0.39, 0.29) is 29.7 Å². The molecule has 206 valence electrons. The van der Waals surface area contributed by atoms with Gasteiger partial charge in [-0.25, -0.2) is 0 Å². The molecule has 0 aromatic heterocycles. The molecule has 4 aromatic carbocycles. The molecule has 1 aliphatic heterocycles. The highest BCUT2D eigenvalue weighted by molar-refractivity contribution is 6.34. The van der Waals surface area contributed by atoms with Gasteiger partial charge in [-0.2, -0.15) is 0 Å². The molecule has 0 aliphatic carbocycles. The molecular formula is C34H34Cl2N2O2. The fourth-order valence-corrected chi connectivity index (χ4v) is 6.36. The first-order valence-corrected chi connectivity index (χ1v) is 14.5. The van der Waals surface area contributed by atoms with Crippen LogP contribution in [0.15, 0.2) is 78.9 Å². The van der Waals surface area contributed by atoms with E-state index >= 15 is 0 Å². The van der Waals surface area contributed by atoms with Crippen LogP contribution in [0.1, 0.15) is 77.3 Å². The van der Waals surface area contributed by atoms with Gasteiger partial charge in [0.15, 0.2) is 0 Å². The number of rotatable bonds is 8. The number of hydrogen-bond donors (Lipinski definition) is 1. The molecule has 40 heavy (non-hydrogen) atoms. The van der Waals surface area contributed by atoms with E-state index in [1.807, 2.05) is 36.4 Å². The summed E-state index contributed by atoms with van der Waals surface area (Å²) >= 11 is 12.8. The van der Waals surface area contributed by atoms with E-state index < -0.39 is 0 Å². The quantitative estimate of drug-likeness (QED) is 0.230. The van der Waals surface area contributed by atoms with Crippen LogP contribution >= 0.6 is 23.2 Å². The molecular weight excluding hydrogens is 539 g/mol. The second-order valence-corrected chi connectivity index (χ2v) is 11.8. The standard InChI is InChI=1S/C34H34Cl2N2O2/c1-21-4-5-27-15-28(11-10-26(27)14-21)33-18-30(29-16-31(35)19-32(36)17-29)20-38(33)23(3)24-6-8-25(9-7-24)34(40)37-13-12-22(2)39/h4-11,14-17,19,23,30,33H,12-13,18,20H2,1-3H3,(H,37,40)/t23?,30-,33-/m1/s1. The summed E-state index contributed by atoms with van der Waals surface area (Å²) in [6.45, 7) is 7.09. The number of aryl methyl sites for hydroxylation is 1. The van der Waals surface area contributed by atoms with E-state index in [1.165, 1.54) is 28.8 Å². The maximum Gasteiger partial charge on any atom is 0.251 e. The van der Waals surface area contributed by atoms with Gasteiger partial charge in [-0.1, -0.05) is 71.2 Å². The van der Waals surface area contributed by atoms with Gasteiger partial charge in [-0.3, -0.25) is 14.5 Å². The van der Waals surface area contributed by atoms with Crippen LogP contribution in [0.4, 0.5) is 0 Å². The molecule has 5 rings (SSSR count). The van der Waals surface area contributed by atoms with Gasteiger partial charge in [0.25, 0.3) is 5.91 Å². The van der Waals surface area contributed by atoms with Crippen molar-refractivity contribution in [2.75, 3.05) is 13.1 Å². The van der Waals surface area contributed by atoms with E-state index in [9.17, 15) is 9.59 Å². The van der Waals surface area contributed by atoms with Gasteiger partial charge in [0, 0.05) is 47.2 Å². The lowest BCUT2D eigenvalue weighted by Gasteiger charge is -2.31. The molecule has 1 heterocycles. The van der Waals surface area contributed by atoms with Crippen molar-refractivity contribution in [1.82, 2.24) is 10.2 Å². The van der Waals surface area contributed by atoms with Crippen LogP contribution in [0.3, 0.4) is 0 Å². The molecule has 0 saturated carbocycles. The number of ketones is 1. The SMILES string of the molecule is CC(=O)CCNC(=O)c1ccc(C(C)N2C[C@H](c3cc(Cl)cc(Cl)c3)C[C@@H]2c2ccc3cc(C)ccc3c2)cc1. The molecule has 1 saturated heterocycles. The number of halogens is 2. The Kier molecular flexibility index (Phi) is 8.60. The zero-order valence-electron chi connectivity index (χ0n) is 23.1. The molecule has 0 spiro atoms. The first kappa shape index (κ1) is 28.4. The fraction of sp³-hybridized carbons (Fsp3) is 0.294. The summed E-state index contributed by atoms with van der Waals surface area (Å²) in [6, 6.07) is 27.4. The number of hydrogen-bond acceptors (Lipinski definition) is 3. The maximum atomic E-state index is 12.5. The Morgan fingerprint density at radius 1 is 0.900 bits per heavy atom. The van der Waals surface area contributed by atoms with Crippen LogP contribution < -0.4 is 5.32 Å². The smallest absolute Gasteiger partial charge is 0.251 e. The van der Waals surface area contributed by atoms with Crippen molar-refractivity contribution in [3.8, 4) is 0 Å². The largest absolute Gasteiger partial charge is 0.352 e. The third kappa shape index (κ3) is 6.41. The van der Waals surface area contributed by atoms with Gasteiger partial charge in [0.2, 0.25) is 0 Å². The molecule has 1 N–H and O–H groups in total. The highest BCUT2D eigenvalue weighted by Crippen LogP contribution is 2.46. The topological polar surface area (TPSA) is 49.4 Å². The number of nitrogens with one attached hydrogen (secondary N) is 1. The number of likely N-dealkylation sites (tertiary alicyclic amines) is 1. The molecule has 1 amide bonds. The molecule has 4 nitrogen and oxygen atoms in total. The molecule has 3 atom stereocenters. The Morgan fingerprint density at radius 2 is 1.57 bits per heavy atom. The third-order valence-electron chi connectivity index (χ3n) is 8.02. The lowest BCUT2D eigenvalue weighted by Crippen LogP contribution is -2.28. The third-order valence-corrected chi connectivity index (χ3v) is 8.45. The fourth-order valence-electron chi connectivity index (χ4n) is 5.82. The van der Waals surface area contributed by atoms with Crippen molar-refractivity contribution < 1.29 is 9.59 Å². The van der Waals surface area contributed by atoms with E-state index in [0.717, 1.165) is 24.1 Å². The van der Waals surface area contributed by atoms with Crippen LogP contribution in [-0.4, -0.2) is 29.7 Å². The maximum absolute atomic E-state index is 12.5. The van der Waals surface area contributed by atoms with Gasteiger partial charge >= 0.3 is 0 Å². The lowest BCUT2D eigenvalue weighted by atomic mass is 9.92. The summed E-state index contributed by atoms with van der Waals surface area (Å²) in [7, 11) is 0. The zero-order valence-corrected chi connectivity index (χ0v) is 24.6. The van der Waals surface area contributed by atoms with Crippen molar-refractivity contribution in [2.45, 2.75) is 51.6 Å². The number of nitrogens with zero attached hydrogens (tertiary/aromatic N) is 1. The summed E-state index contributed by atoms with van der Waals surface area (Å²) in [5, 5.41) is 6.62. The second kappa shape index (κ2) is 12.1. The predicted octanol–water partition coefficient (Wildman–Crippen LogP) is 8.46. The van der Waals surface area contributed by atoms with Gasteiger partial charge in [-0.05, 0) is 97.0 Å². The second-order valence-electron chi connectivity index (χ2n) is 11.0. The summed E-state index contributed by atoms with van der Waals surface area (Å²) in [5.41, 5.74) is 5.44. The first-order valence-electron chi connectivity index (χ1n) is 13.8. The van der Waals surface area contributed by atoms with Gasteiger partial charge in [-0.15, -0.1) is 0 Å². The van der Waals surface area contributed by atoms with Gasteiger partial charge in [0.05, 0.1) is 0 Å². The van der Waals surface area contributed by atoms with Crippen LogP contribution in [0.2, 0.25) is 10.0 Å². The van der Waals surface area contributed by atoms with Crippen molar-refractivity contribution in [2.24, 2.45) is 0 Å². The number of carbonyl (C=O) groups is 2. The number of Topliss-reactive ketones (excluding diaryl/α,β-unsaturated/α-hetero) is 1. The Bertz CT molecular complexity index is 1530.